The van der Waals surface area contributed by atoms with Crippen molar-refractivity contribution in [2.45, 2.75) is 51.9 Å². The lowest BCUT2D eigenvalue weighted by Crippen LogP contribution is -2.24. The van der Waals surface area contributed by atoms with Gasteiger partial charge in [-0.15, -0.1) is 0 Å². The minimum absolute atomic E-state index is 0.0273. The smallest absolute Gasteiger partial charge is 0.339 e. The lowest BCUT2D eigenvalue weighted by Gasteiger charge is -2.23. The van der Waals surface area contributed by atoms with Crippen molar-refractivity contribution in [2.75, 3.05) is 6.61 Å². The van der Waals surface area contributed by atoms with Crippen molar-refractivity contribution >= 4 is 32.8 Å². The topological polar surface area (TPSA) is 53.3 Å². The Morgan fingerprint density at radius 2 is 2.17 bits per heavy atom. The molecule has 124 valence electrons. The molecule has 6 heteroatoms. The molecule has 1 unspecified atom stereocenters. The molecule has 0 aliphatic carbocycles. The van der Waals surface area contributed by atoms with Gasteiger partial charge in [-0.25, -0.2) is 9.48 Å². The maximum atomic E-state index is 12.3. The Balaban J connectivity index is 1.96. The first-order chi connectivity index (χ1) is 10.9. The van der Waals surface area contributed by atoms with Crippen LogP contribution < -0.4 is 0 Å². The molecule has 0 spiro atoms. The summed E-state index contributed by atoms with van der Waals surface area (Å²) in [5.74, 6) is -0.340. The summed E-state index contributed by atoms with van der Waals surface area (Å²) in [4.78, 5) is 12.3. The summed E-state index contributed by atoms with van der Waals surface area (Å²) in [5, 5.41) is 5.36. The fraction of sp³-hybridized carbons (Fsp3) is 0.529. The zero-order chi connectivity index (χ0) is 16.6. The standard InChI is InChI=1S/C17H21BrN2O3/c1-17(2,3)23-16(21)11-7-8-13-12(15(11)18)10-19-20(13)14-6-4-5-9-22-14/h7-8,10,14H,4-6,9H2,1-3H3. The number of benzene rings is 1. The Bertz CT molecular complexity index is 727. The Labute approximate surface area is 144 Å². The van der Waals surface area contributed by atoms with E-state index in [4.69, 9.17) is 9.47 Å². The molecule has 23 heavy (non-hydrogen) atoms. The molecule has 0 amide bonds. The van der Waals surface area contributed by atoms with Crippen LogP contribution in [0.1, 0.15) is 56.6 Å². The van der Waals surface area contributed by atoms with Crippen molar-refractivity contribution in [2.24, 2.45) is 0 Å². The number of carbonyl (C=O) groups is 1. The van der Waals surface area contributed by atoms with E-state index in [-0.39, 0.29) is 12.2 Å². The van der Waals surface area contributed by atoms with E-state index in [2.05, 4.69) is 21.0 Å². The largest absolute Gasteiger partial charge is 0.456 e. The fourth-order valence-corrected chi connectivity index (χ4v) is 3.32. The summed E-state index contributed by atoms with van der Waals surface area (Å²) in [7, 11) is 0. The van der Waals surface area contributed by atoms with Gasteiger partial charge in [-0.3, -0.25) is 0 Å². The number of nitrogens with zero attached hydrogens (tertiary/aromatic N) is 2. The lowest BCUT2D eigenvalue weighted by molar-refractivity contribution is -0.0366. The molecule has 0 radical (unpaired) electrons. The van der Waals surface area contributed by atoms with E-state index in [1.54, 1.807) is 12.3 Å². The van der Waals surface area contributed by atoms with Crippen molar-refractivity contribution in [3.05, 3.63) is 28.4 Å². The summed E-state index contributed by atoms with van der Waals surface area (Å²) in [6.07, 6.45) is 4.94. The third-order valence-corrected chi connectivity index (χ3v) is 4.62. The van der Waals surface area contributed by atoms with Gasteiger partial charge in [0.05, 0.1) is 17.3 Å². The van der Waals surface area contributed by atoms with Gasteiger partial charge in [0.15, 0.2) is 6.23 Å². The Kier molecular flexibility index (Phi) is 4.47. The van der Waals surface area contributed by atoms with E-state index < -0.39 is 5.60 Å². The van der Waals surface area contributed by atoms with E-state index in [9.17, 15) is 4.79 Å². The predicted octanol–water partition coefficient (Wildman–Crippen LogP) is 4.45. The molecule has 3 rings (SSSR count). The maximum Gasteiger partial charge on any atom is 0.339 e. The quantitative estimate of drug-likeness (QED) is 0.721. The number of carbonyl (C=O) groups excluding carboxylic acids is 1. The molecule has 1 atom stereocenters. The fourth-order valence-electron chi connectivity index (χ4n) is 2.72. The van der Waals surface area contributed by atoms with Crippen LogP contribution in [0.2, 0.25) is 0 Å². The highest BCUT2D eigenvalue weighted by molar-refractivity contribution is 9.10. The van der Waals surface area contributed by atoms with Gasteiger partial charge in [-0.05, 0) is 68.1 Å². The minimum Gasteiger partial charge on any atom is -0.456 e. The molecular formula is C17H21BrN2O3. The van der Waals surface area contributed by atoms with Crippen LogP contribution in [0.4, 0.5) is 0 Å². The average molecular weight is 381 g/mol. The summed E-state index contributed by atoms with van der Waals surface area (Å²) < 4.78 is 13.9. The van der Waals surface area contributed by atoms with Gasteiger partial charge in [0, 0.05) is 16.5 Å². The monoisotopic (exact) mass is 380 g/mol. The van der Waals surface area contributed by atoms with Crippen molar-refractivity contribution in [1.82, 2.24) is 9.78 Å². The second-order valence-corrected chi connectivity index (χ2v) is 7.57. The van der Waals surface area contributed by atoms with E-state index in [1.165, 1.54) is 0 Å². The van der Waals surface area contributed by atoms with Gasteiger partial charge in [0.2, 0.25) is 0 Å². The second kappa shape index (κ2) is 6.24. The summed E-state index contributed by atoms with van der Waals surface area (Å²) in [6, 6.07) is 3.69. The van der Waals surface area contributed by atoms with Gasteiger partial charge in [-0.1, -0.05) is 0 Å². The molecule has 1 aliphatic heterocycles. The Morgan fingerprint density at radius 1 is 1.39 bits per heavy atom. The van der Waals surface area contributed by atoms with Gasteiger partial charge >= 0.3 is 5.97 Å². The van der Waals surface area contributed by atoms with Crippen LogP contribution in [-0.2, 0) is 9.47 Å². The van der Waals surface area contributed by atoms with Crippen LogP contribution in [0.25, 0.3) is 10.9 Å². The lowest BCUT2D eigenvalue weighted by atomic mass is 10.1. The van der Waals surface area contributed by atoms with E-state index in [0.717, 1.165) is 36.8 Å². The zero-order valence-electron chi connectivity index (χ0n) is 13.6. The van der Waals surface area contributed by atoms with Crippen LogP contribution in [0, 0.1) is 0 Å². The maximum absolute atomic E-state index is 12.3. The molecule has 2 aromatic rings. The molecule has 1 aromatic heterocycles. The van der Waals surface area contributed by atoms with Crippen molar-refractivity contribution in [1.29, 1.82) is 0 Å². The predicted molar refractivity (Wildman–Crippen MR) is 91.4 cm³/mol. The van der Waals surface area contributed by atoms with Gasteiger partial charge in [0.25, 0.3) is 0 Å². The molecular weight excluding hydrogens is 360 g/mol. The highest BCUT2D eigenvalue weighted by atomic mass is 79.9. The summed E-state index contributed by atoms with van der Waals surface area (Å²) >= 11 is 3.53. The van der Waals surface area contributed by atoms with Crippen molar-refractivity contribution in [3.63, 3.8) is 0 Å². The van der Waals surface area contributed by atoms with E-state index in [0.29, 0.717) is 10.0 Å². The summed E-state index contributed by atoms with van der Waals surface area (Å²) in [5.41, 5.74) is 0.943. The molecule has 0 N–H and O–H groups in total. The molecule has 1 aliphatic rings. The molecule has 1 aromatic carbocycles. The van der Waals surface area contributed by atoms with Crippen LogP contribution in [0.3, 0.4) is 0 Å². The number of rotatable bonds is 2. The number of hydrogen-bond acceptors (Lipinski definition) is 4. The first kappa shape index (κ1) is 16.5. The van der Waals surface area contributed by atoms with Gasteiger partial charge < -0.3 is 9.47 Å². The average Bonchev–Trinajstić information content (AvgIpc) is 2.91. The highest BCUT2D eigenvalue weighted by Gasteiger charge is 2.23. The SMILES string of the molecule is CC(C)(C)OC(=O)c1ccc2c(cnn2C2CCCCO2)c1Br. The molecule has 0 saturated carbocycles. The molecule has 5 nitrogen and oxygen atoms in total. The Morgan fingerprint density at radius 3 is 2.83 bits per heavy atom. The summed E-state index contributed by atoms with van der Waals surface area (Å²) in [6.45, 7) is 6.34. The van der Waals surface area contributed by atoms with Crippen LogP contribution in [-0.4, -0.2) is 28.0 Å². The third-order valence-electron chi connectivity index (χ3n) is 3.76. The zero-order valence-corrected chi connectivity index (χ0v) is 15.2. The van der Waals surface area contributed by atoms with Crippen molar-refractivity contribution < 1.29 is 14.3 Å². The number of halogens is 1. The van der Waals surface area contributed by atoms with Crippen molar-refractivity contribution in [3.8, 4) is 0 Å². The van der Waals surface area contributed by atoms with Crippen LogP contribution in [0.5, 0.6) is 0 Å². The first-order valence-corrected chi connectivity index (χ1v) is 8.67. The molecule has 2 heterocycles. The molecule has 1 fully saturated rings. The Hall–Kier alpha value is -1.40. The van der Waals surface area contributed by atoms with E-state index in [1.807, 2.05) is 31.5 Å². The number of hydrogen-bond donors (Lipinski definition) is 0. The van der Waals surface area contributed by atoms with Crippen LogP contribution in [0.15, 0.2) is 22.8 Å². The third kappa shape index (κ3) is 3.43. The minimum atomic E-state index is -0.522. The van der Waals surface area contributed by atoms with Gasteiger partial charge in [0.1, 0.15) is 5.60 Å². The normalized spacial score (nSPS) is 19.0. The first-order valence-electron chi connectivity index (χ1n) is 7.87. The molecule has 1 saturated heterocycles. The number of aromatic nitrogens is 2. The number of ether oxygens (including phenoxy) is 2. The van der Waals surface area contributed by atoms with Crippen LogP contribution >= 0.6 is 15.9 Å². The van der Waals surface area contributed by atoms with Gasteiger partial charge in [-0.2, -0.15) is 5.10 Å². The number of esters is 1. The highest BCUT2D eigenvalue weighted by Crippen LogP contribution is 2.32. The molecule has 0 bridgehead atoms. The van der Waals surface area contributed by atoms with E-state index >= 15 is 0 Å². The second-order valence-electron chi connectivity index (χ2n) is 6.77. The number of fused-ring (bicyclic) bond motifs is 1.